The van der Waals surface area contributed by atoms with Gasteiger partial charge in [0.25, 0.3) is 5.91 Å². The normalized spacial score (nSPS) is 17.3. The van der Waals surface area contributed by atoms with Gasteiger partial charge in [-0.05, 0) is 44.7 Å². The monoisotopic (exact) mass is 557 g/mol. The molecule has 0 saturated heterocycles. The second kappa shape index (κ2) is 11.4. The third kappa shape index (κ3) is 6.01. The fourth-order valence-electron chi connectivity index (χ4n) is 4.54. The number of anilines is 1. The number of aliphatic carboxylic acids is 1. The lowest BCUT2D eigenvalue weighted by Gasteiger charge is -2.28. The Hall–Kier alpha value is -4.04. The van der Waals surface area contributed by atoms with Gasteiger partial charge in [-0.1, -0.05) is 0 Å². The summed E-state index contributed by atoms with van der Waals surface area (Å²) in [5, 5.41) is 22.2. The molecule has 0 spiro atoms. The molecule has 0 aromatic carbocycles. The molecule has 1 fully saturated rings. The van der Waals surface area contributed by atoms with E-state index in [9.17, 15) is 18.4 Å². The number of thiazole rings is 1. The highest BCUT2D eigenvalue weighted by molar-refractivity contribution is 7.13. The van der Waals surface area contributed by atoms with Gasteiger partial charge in [0.2, 0.25) is 5.95 Å². The summed E-state index contributed by atoms with van der Waals surface area (Å²) in [7, 11) is 0. The fourth-order valence-corrected chi connectivity index (χ4v) is 5.31. The standard InChI is InChI=1S/C25H25F2N7O4S/c1-2-38-16-5-3-15(4-6-16)34-11-18(23(32-34)22-17(26)7-8-20(27)31-22)29-24(37)19-13-39-25(30-19)14-9-28-33(10-14)12-21(35)36/h7-11,13,15-16H,2-6,12H2,1H3,(H,29,37)(H,35,36)/t15-,16-. The molecule has 1 amide bonds. The van der Waals surface area contributed by atoms with Crippen molar-refractivity contribution < 1.29 is 28.2 Å². The van der Waals surface area contributed by atoms with Gasteiger partial charge in [-0.25, -0.2) is 14.4 Å². The van der Waals surface area contributed by atoms with Crippen molar-refractivity contribution >= 4 is 28.9 Å². The van der Waals surface area contributed by atoms with Gasteiger partial charge in [0.1, 0.15) is 28.6 Å². The Kier molecular flexibility index (Phi) is 7.74. The highest BCUT2D eigenvalue weighted by Gasteiger charge is 2.27. The van der Waals surface area contributed by atoms with Crippen LogP contribution in [0.4, 0.5) is 14.5 Å². The van der Waals surface area contributed by atoms with Gasteiger partial charge < -0.3 is 15.2 Å². The van der Waals surface area contributed by atoms with Crippen LogP contribution in [0.15, 0.2) is 36.1 Å². The van der Waals surface area contributed by atoms with Crippen LogP contribution in [0.25, 0.3) is 22.0 Å². The maximum absolute atomic E-state index is 14.7. The molecule has 4 aromatic heterocycles. The first-order valence-corrected chi connectivity index (χ1v) is 13.2. The summed E-state index contributed by atoms with van der Waals surface area (Å²) in [6, 6.07) is 1.88. The Morgan fingerprint density at radius 1 is 1.15 bits per heavy atom. The van der Waals surface area contributed by atoms with Crippen LogP contribution in [0.3, 0.4) is 0 Å². The molecule has 5 rings (SSSR count). The van der Waals surface area contributed by atoms with Crippen molar-refractivity contribution in [3.8, 4) is 22.0 Å². The van der Waals surface area contributed by atoms with Crippen molar-refractivity contribution in [3.05, 3.63) is 53.6 Å². The SMILES string of the molecule is CCO[C@H]1CC[C@H](n2cc(NC(=O)c3csc(-c4cnn(CC(=O)O)c4)n3)c(-c3nc(F)ccc3F)n2)CC1. The number of hydrogen-bond acceptors (Lipinski definition) is 8. The largest absolute Gasteiger partial charge is 0.480 e. The maximum Gasteiger partial charge on any atom is 0.325 e. The smallest absolute Gasteiger partial charge is 0.325 e. The van der Waals surface area contributed by atoms with Crippen molar-refractivity contribution in [1.82, 2.24) is 29.5 Å². The van der Waals surface area contributed by atoms with E-state index in [2.05, 4.69) is 25.5 Å². The van der Waals surface area contributed by atoms with E-state index in [1.165, 1.54) is 28.4 Å². The molecule has 1 aliphatic carbocycles. The number of pyridine rings is 1. The number of aromatic nitrogens is 6. The van der Waals surface area contributed by atoms with Crippen LogP contribution in [0.1, 0.15) is 49.1 Å². The van der Waals surface area contributed by atoms with Gasteiger partial charge in [-0.15, -0.1) is 11.3 Å². The number of carboxylic acid groups (broad SMARTS) is 1. The predicted molar refractivity (Wildman–Crippen MR) is 137 cm³/mol. The molecule has 1 saturated carbocycles. The van der Waals surface area contributed by atoms with E-state index in [1.807, 2.05) is 6.92 Å². The zero-order valence-corrected chi connectivity index (χ0v) is 21.7. The second-order valence-corrected chi connectivity index (χ2v) is 9.89. The molecule has 2 N–H and O–H groups in total. The lowest BCUT2D eigenvalue weighted by Crippen LogP contribution is -2.24. The van der Waals surface area contributed by atoms with E-state index in [0.29, 0.717) is 17.2 Å². The molecule has 0 radical (unpaired) electrons. The zero-order valence-electron chi connectivity index (χ0n) is 20.9. The molecular formula is C25H25F2N7O4S. The number of carbonyl (C=O) groups is 2. The molecule has 0 unspecified atom stereocenters. The van der Waals surface area contributed by atoms with Crippen molar-refractivity contribution in [2.75, 3.05) is 11.9 Å². The average Bonchev–Trinajstić information content (AvgIpc) is 3.66. The molecule has 4 heterocycles. The number of rotatable bonds is 9. The number of nitrogens with one attached hydrogen (secondary N) is 1. The molecule has 4 aromatic rings. The summed E-state index contributed by atoms with van der Waals surface area (Å²) in [4.78, 5) is 32.1. The third-order valence-electron chi connectivity index (χ3n) is 6.35. The van der Waals surface area contributed by atoms with Crippen molar-refractivity contribution in [1.29, 1.82) is 0 Å². The minimum absolute atomic E-state index is 0.00376. The number of halogens is 2. The molecule has 11 nitrogen and oxygen atoms in total. The number of hydrogen-bond donors (Lipinski definition) is 2. The highest BCUT2D eigenvalue weighted by atomic mass is 32.1. The van der Waals surface area contributed by atoms with Crippen LogP contribution in [0.5, 0.6) is 0 Å². The topological polar surface area (TPSA) is 137 Å². The van der Waals surface area contributed by atoms with E-state index in [4.69, 9.17) is 9.84 Å². The molecule has 204 valence electrons. The Morgan fingerprint density at radius 2 is 1.95 bits per heavy atom. The number of carbonyl (C=O) groups excluding carboxylic acids is 1. The van der Waals surface area contributed by atoms with Gasteiger partial charge in [-0.3, -0.25) is 19.0 Å². The van der Waals surface area contributed by atoms with Gasteiger partial charge in [-0.2, -0.15) is 14.6 Å². The summed E-state index contributed by atoms with van der Waals surface area (Å²) < 4.78 is 37.3. The molecule has 1 aliphatic rings. The quantitative estimate of drug-likeness (QED) is 0.289. The third-order valence-corrected chi connectivity index (χ3v) is 7.24. The van der Waals surface area contributed by atoms with Crippen LogP contribution in [-0.4, -0.2) is 59.2 Å². The van der Waals surface area contributed by atoms with E-state index < -0.39 is 23.6 Å². The first-order valence-electron chi connectivity index (χ1n) is 12.4. The van der Waals surface area contributed by atoms with Crippen molar-refractivity contribution in [2.45, 2.75) is 51.3 Å². The number of ether oxygens (including phenoxy) is 1. The zero-order chi connectivity index (χ0) is 27.5. The van der Waals surface area contributed by atoms with Crippen LogP contribution in [-0.2, 0) is 16.1 Å². The lowest BCUT2D eigenvalue weighted by atomic mass is 9.93. The Balaban J connectivity index is 1.40. The van der Waals surface area contributed by atoms with Crippen LogP contribution < -0.4 is 5.32 Å². The first-order chi connectivity index (χ1) is 18.8. The van der Waals surface area contributed by atoms with Crippen molar-refractivity contribution in [2.24, 2.45) is 0 Å². The minimum Gasteiger partial charge on any atom is -0.480 e. The van der Waals surface area contributed by atoms with Gasteiger partial charge in [0, 0.05) is 29.9 Å². The Labute approximate surface area is 225 Å². The van der Waals surface area contributed by atoms with Gasteiger partial charge in [0.05, 0.1) is 24.0 Å². The number of amides is 1. The molecular weight excluding hydrogens is 532 g/mol. The molecule has 0 atom stereocenters. The summed E-state index contributed by atoms with van der Waals surface area (Å²) in [5.74, 6) is -3.26. The minimum atomic E-state index is -1.04. The van der Waals surface area contributed by atoms with Gasteiger partial charge in [0.15, 0.2) is 5.82 Å². The number of nitrogens with zero attached hydrogens (tertiary/aromatic N) is 6. The average molecular weight is 558 g/mol. The van der Waals surface area contributed by atoms with Crippen LogP contribution in [0, 0.1) is 11.8 Å². The highest BCUT2D eigenvalue weighted by Crippen LogP contribution is 2.34. The fraction of sp³-hybridized carbons (Fsp3) is 0.360. The summed E-state index contributed by atoms with van der Waals surface area (Å²) in [6.07, 6.45) is 8.01. The van der Waals surface area contributed by atoms with E-state index >= 15 is 0 Å². The Bertz CT molecular complexity index is 1490. The van der Waals surface area contributed by atoms with E-state index in [-0.39, 0.29) is 41.5 Å². The van der Waals surface area contributed by atoms with Crippen LogP contribution in [0.2, 0.25) is 0 Å². The molecule has 0 bridgehead atoms. The summed E-state index contributed by atoms with van der Waals surface area (Å²) in [6.45, 7) is 2.30. The van der Waals surface area contributed by atoms with E-state index in [1.54, 1.807) is 16.3 Å². The summed E-state index contributed by atoms with van der Waals surface area (Å²) >= 11 is 1.18. The Morgan fingerprint density at radius 3 is 2.69 bits per heavy atom. The maximum atomic E-state index is 14.7. The predicted octanol–water partition coefficient (Wildman–Crippen LogP) is 4.40. The summed E-state index contributed by atoms with van der Waals surface area (Å²) in [5.41, 5.74) is 0.523. The van der Waals surface area contributed by atoms with Crippen molar-refractivity contribution in [3.63, 3.8) is 0 Å². The second-order valence-electron chi connectivity index (χ2n) is 9.03. The molecule has 0 aliphatic heterocycles. The van der Waals surface area contributed by atoms with Gasteiger partial charge >= 0.3 is 5.97 Å². The first kappa shape index (κ1) is 26.6. The number of carboxylic acids is 1. The molecule has 14 heteroatoms. The van der Waals surface area contributed by atoms with E-state index in [0.717, 1.165) is 37.8 Å². The molecule has 39 heavy (non-hydrogen) atoms. The van der Waals surface area contributed by atoms with Crippen LogP contribution >= 0.6 is 11.3 Å². The lowest BCUT2D eigenvalue weighted by molar-refractivity contribution is -0.137.